The number of carbonyl (C=O) groups excluding carboxylic acids is 2. The molecule has 1 aromatic carbocycles. The monoisotopic (exact) mass is 340 g/mol. The lowest BCUT2D eigenvalue weighted by molar-refractivity contribution is -0.155. The quantitative estimate of drug-likeness (QED) is 0.555. The first-order valence-electron chi connectivity index (χ1n) is 6.77. The third kappa shape index (κ3) is 3.66. The zero-order valence-corrected chi connectivity index (χ0v) is 12.9. The largest absolute Gasteiger partial charge is 0.479 e. The lowest BCUT2D eigenvalue weighted by Gasteiger charge is -2.19. The Morgan fingerprint density at radius 3 is 2.50 bits per heavy atom. The Bertz CT molecular complexity index is 686. The average molecular weight is 340 g/mol. The highest BCUT2D eigenvalue weighted by Gasteiger charge is 2.30. The second-order valence-electron chi connectivity index (χ2n) is 5.13. The SMILES string of the molecule is COC(=O)c1cc2c(cc1NC(=O)NCC(C)(O)C(=O)O)OCO2. The van der Waals surface area contributed by atoms with E-state index < -0.39 is 30.1 Å². The first-order chi connectivity index (χ1) is 11.2. The molecule has 2 amide bonds. The molecule has 10 heteroatoms. The van der Waals surface area contributed by atoms with Crippen LogP contribution in [0.3, 0.4) is 0 Å². The molecule has 24 heavy (non-hydrogen) atoms. The van der Waals surface area contributed by atoms with Crippen molar-refractivity contribution in [2.45, 2.75) is 12.5 Å². The topological polar surface area (TPSA) is 143 Å². The predicted octanol–water partition coefficient (Wildman–Crippen LogP) is 0.159. The van der Waals surface area contributed by atoms with Gasteiger partial charge in [-0.05, 0) is 6.92 Å². The smallest absolute Gasteiger partial charge is 0.340 e. The van der Waals surface area contributed by atoms with E-state index in [2.05, 4.69) is 15.4 Å². The van der Waals surface area contributed by atoms with Crippen molar-refractivity contribution in [2.24, 2.45) is 0 Å². The molecule has 1 heterocycles. The van der Waals surface area contributed by atoms with Gasteiger partial charge in [0.25, 0.3) is 0 Å². The molecule has 1 aromatic rings. The van der Waals surface area contributed by atoms with Crippen molar-refractivity contribution in [3.8, 4) is 11.5 Å². The van der Waals surface area contributed by atoms with Crippen LogP contribution in [0.4, 0.5) is 10.5 Å². The van der Waals surface area contributed by atoms with Gasteiger partial charge in [0.2, 0.25) is 6.79 Å². The number of anilines is 1. The van der Waals surface area contributed by atoms with E-state index in [0.717, 1.165) is 6.92 Å². The summed E-state index contributed by atoms with van der Waals surface area (Å²) < 4.78 is 15.0. The molecule has 0 saturated carbocycles. The molecule has 10 nitrogen and oxygen atoms in total. The average Bonchev–Trinajstić information content (AvgIpc) is 2.98. The van der Waals surface area contributed by atoms with Gasteiger partial charge < -0.3 is 35.1 Å². The second kappa shape index (κ2) is 6.62. The molecule has 4 N–H and O–H groups in total. The van der Waals surface area contributed by atoms with Crippen molar-refractivity contribution < 1.29 is 38.8 Å². The third-order valence-corrected chi connectivity index (χ3v) is 3.22. The van der Waals surface area contributed by atoms with E-state index in [0.29, 0.717) is 11.5 Å². The van der Waals surface area contributed by atoms with Gasteiger partial charge in [-0.25, -0.2) is 14.4 Å². The van der Waals surface area contributed by atoms with Gasteiger partial charge in [0.1, 0.15) is 0 Å². The molecular formula is C14H16N2O8. The fraction of sp³-hybridized carbons (Fsp3) is 0.357. The van der Waals surface area contributed by atoms with E-state index in [4.69, 9.17) is 14.6 Å². The number of ether oxygens (including phenoxy) is 3. The number of urea groups is 1. The summed E-state index contributed by atoms with van der Waals surface area (Å²) in [6.45, 7) is 0.482. The number of methoxy groups -OCH3 is 1. The van der Waals surface area contributed by atoms with Crippen molar-refractivity contribution >= 4 is 23.7 Å². The minimum atomic E-state index is -2.13. The summed E-state index contributed by atoms with van der Waals surface area (Å²) in [4.78, 5) is 34.5. The molecule has 0 aliphatic carbocycles. The number of amides is 2. The highest BCUT2D eigenvalue weighted by Crippen LogP contribution is 2.37. The highest BCUT2D eigenvalue weighted by molar-refractivity contribution is 6.02. The molecular weight excluding hydrogens is 324 g/mol. The van der Waals surface area contributed by atoms with Crippen molar-refractivity contribution in [1.82, 2.24) is 5.32 Å². The van der Waals surface area contributed by atoms with Crippen LogP contribution >= 0.6 is 0 Å². The number of nitrogens with one attached hydrogen (secondary N) is 2. The Hall–Kier alpha value is -3.01. The lowest BCUT2D eigenvalue weighted by Crippen LogP contribution is -2.47. The number of rotatable bonds is 5. The number of benzene rings is 1. The van der Waals surface area contributed by atoms with Gasteiger partial charge in [-0.15, -0.1) is 0 Å². The van der Waals surface area contributed by atoms with Crippen LogP contribution in [0.25, 0.3) is 0 Å². The molecule has 0 radical (unpaired) electrons. The van der Waals surface area contributed by atoms with Crippen LogP contribution < -0.4 is 20.1 Å². The number of carbonyl (C=O) groups is 3. The number of esters is 1. The Labute approximate surface area is 136 Å². The van der Waals surface area contributed by atoms with E-state index in [-0.39, 0.29) is 18.0 Å². The molecule has 0 spiro atoms. The molecule has 130 valence electrons. The number of carboxylic acids is 1. The minimum absolute atomic E-state index is 0.0208. The lowest BCUT2D eigenvalue weighted by atomic mass is 10.1. The first-order valence-corrected chi connectivity index (χ1v) is 6.77. The number of fused-ring (bicyclic) bond motifs is 1. The van der Waals surface area contributed by atoms with Crippen LogP contribution in [0.2, 0.25) is 0 Å². The van der Waals surface area contributed by atoms with E-state index in [1.807, 2.05) is 0 Å². The zero-order chi connectivity index (χ0) is 17.9. The van der Waals surface area contributed by atoms with Crippen LogP contribution in [0.15, 0.2) is 12.1 Å². The minimum Gasteiger partial charge on any atom is -0.479 e. The molecule has 1 aliphatic rings. The molecule has 1 aliphatic heterocycles. The summed E-state index contributed by atoms with van der Waals surface area (Å²) in [5.41, 5.74) is -2.02. The summed E-state index contributed by atoms with van der Waals surface area (Å²) >= 11 is 0. The van der Waals surface area contributed by atoms with E-state index in [9.17, 15) is 19.5 Å². The van der Waals surface area contributed by atoms with Crippen molar-refractivity contribution in [2.75, 3.05) is 25.8 Å². The molecule has 0 saturated heterocycles. The molecule has 0 bridgehead atoms. The van der Waals surface area contributed by atoms with E-state index in [1.165, 1.54) is 19.2 Å². The maximum Gasteiger partial charge on any atom is 0.340 e. The molecule has 0 aromatic heterocycles. The number of aliphatic carboxylic acids is 1. The van der Waals surface area contributed by atoms with E-state index in [1.54, 1.807) is 0 Å². The Kier molecular flexibility index (Phi) is 4.79. The van der Waals surface area contributed by atoms with Gasteiger partial charge in [-0.1, -0.05) is 0 Å². The van der Waals surface area contributed by atoms with Gasteiger partial charge in [0.15, 0.2) is 17.1 Å². The predicted molar refractivity (Wildman–Crippen MR) is 79.2 cm³/mol. The summed E-state index contributed by atoms with van der Waals surface area (Å²) in [7, 11) is 1.18. The van der Waals surface area contributed by atoms with Crippen molar-refractivity contribution in [1.29, 1.82) is 0 Å². The molecule has 1 unspecified atom stereocenters. The maximum absolute atomic E-state index is 11.9. The summed E-state index contributed by atoms with van der Waals surface area (Å²) in [6.07, 6.45) is 0. The highest BCUT2D eigenvalue weighted by atomic mass is 16.7. The first kappa shape index (κ1) is 17.3. The van der Waals surface area contributed by atoms with Crippen LogP contribution in [-0.4, -0.2) is 54.2 Å². The van der Waals surface area contributed by atoms with E-state index >= 15 is 0 Å². The molecule has 0 fully saturated rings. The fourth-order valence-corrected chi connectivity index (χ4v) is 1.82. The normalized spacial score (nSPS) is 14.5. The van der Waals surface area contributed by atoms with Crippen LogP contribution in [0, 0.1) is 0 Å². The Balaban J connectivity index is 2.15. The van der Waals surface area contributed by atoms with Gasteiger partial charge in [-0.2, -0.15) is 0 Å². The number of aliphatic hydroxyl groups is 1. The zero-order valence-electron chi connectivity index (χ0n) is 12.9. The molecule has 2 rings (SSSR count). The van der Waals surface area contributed by atoms with Crippen molar-refractivity contribution in [3.63, 3.8) is 0 Å². The summed E-state index contributed by atoms with van der Waals surface area (Å²) in [6, 6.07) is 1.92. The van der Waals surface area contributed by atoms with Crippen molar-refractivity contribution in [3.05, 3.63) is 17.7 Å². The maximum atomic E-state index is 11.9. The van der Waals surface area contributed by atoms with Gasteiger partial charge in [0.05, 0.1) is 24.9 Å². The second-order valence-corrected chi connectivity index (χ2v) is 5.13. The van der Waals surface area contributed by atoms with Crippen LogP contribution in [-0.2, 0) is 9.53 Å². The van der Waals surface area contributed by atoms with Crippen LogP contribution in [0.5, 0.6) is 11.5 Å². The Morgan fingerprint density at radius 2 is 1.92 bits per heavy atom. The third-order valence-electron chi connectivity index (χ3n) is 3.22. The molecule has 1 atom stereocenters. The fourth-order valence-electron chi connectivity index (χ4n) is 1.82. The van der Waals surface area contributed by atoms with Gasteiger partial charge >= 0.3 is 18.0 Å². The number of carboxylic acid groups (broad SMARTS) is 1. The Morgan fingerprint density at radius 1 is 1.29 bits per heavy atom. The number of hydrogen-bond donors (Lipinski definition) is 4. The summed E-state index contributed by atoms with van der Waals surface area (Å²) in [5, 5.41) is 22.9. The summed E-state index contributed by atoms with van der Waals surface area (Å²) in [5.74, 6) is -1.53. The number of hydrogen-bond acceptors (Lipinski definition) is 7. The van der Waals surface area contributed by atoms with Gasteiger partial charge in [0, 0.05) is 12.1 Å². The van der Waals surface area contributed by atoms with Gasteiger partial charge in [-0.3, -0.25) is 0 Å². The van der Waals surface area contributed by atoms with Crippen LogP contribution in [0.1, 0.15) is 17.3 Å². The standard InChI is InChI=1S/C14H16N2O8/c1-14(21,12(18)19)5-15-13(20)16-8-4-10-9(23-6-24-10)3-7(8)11(17)22-2/h3-4,21H,5-6H2,1-2H3,(H,18,19)(H2,15,16,20).